The van der Waals surface area contributed by atoms with Gasteiger partial charge >= 0.3 is 0 Å². The fourth-order valence-corrected chi connectivity index (χ4v) is 6.55. The first-order chi connectivity index (χ1) is 19.0. The van der Waals surface area contributed by atoms with Crippen molar-refractivity contribution in [3.8, 4) is 11.5 Å². The van der Waals surface area contributed by atoms with Crippen LogP contribution >= 0.6 is 0 Å². The molecule has 0 amide bonds. The number of hydrogen-bond donors (Lipinski definition) is 4. The van der Waals surface area contributed by atoms with Gasteiger partial charge in [0.05, 0.1) is 19.6 Å². The number of benzene rings is 4. The lowest BCUT2D eigenvalue weighted by molar-refractivity contribution is 0.102. The number of phenolic OH excluding ortho intramolecular Hbond substituents is 2. The third kappa shape index (κ3) is 6.03. The summed E-state index contributed by atoms with van der Waals surface area (Å²) in [5.74, 6) is -3.17. The molecular weight excluding hydrogens is 600 g/mol. The summed E-state index contributed by atoms with van der Waals surface area (Å²) >= 11 is 0. The molecule has 0 saturated carbocycles. The van der Waals surface area contributed by atoms with Crippen molar-refractivity contribution in [1.82, 2.24) is 0 Å². The quantitative estimate of drug-likeness (QED) is 0.166. The van der Waals surface area contributed by atoms with Crippen molar-refractivity contribution in [1.29, 1.82) is 0 Å². The van der Waals surface area contributed by atoms with Gasteiger partial charge in [-0.1, -0.05) is 24.3 Å². The van der Waals surface area contributed by atoms with Gasteiger partial charge in [-0.3, -0.25) is 18.7 Å². The predicted octanol–water partition coefficient (Wildman–Crippen LogP) is 2.89. The van der Waals surface area contributed by atoms with Crippen LogP contribution in [-0.4, -0.2) is 56.1 Å². The number of aromatic hydroxyl groups is 2. The average Bonchev–Trinajstić information content (AvgIpc) is 2.91. The molecule has 0 unspecified atom stereocenters. The van der Waals surface area contributed by atoms with E-state index in [1.165, 1.54) is 0 Å². The normalized spacial score (nSPS) is 12.1. The van der Waals surface area contributed by atoms with E-state index in [4.69, 9.17) is 0 Å². The molecule has 41 heavy (non-hydrogen) atoms. The maximum atomic E-state index is 13.9. The zero-order chi connectivity index (χ0) is 30.3. The Labute approximate surface area is 233 Å². The summed E-state index contributed by atoms with van der Waals surface area (Å²) in [5, 5.41) is 20.1. The van der Waals surface area contributed by atoms with Crippen LogP contribution in [0.3, 0.4) is 0 Å². The number of phenols is 2. The van der Waals surface area contributed by atoms with Crippen molar-refractivity contribution in [3.63, 3.8) is 0 Å². The zero-order valence-electron chi connectivity index (χ0n) is 20.4. The van der Waals surface area contributed by atoms with Crippen molar-refractivity contribution in [2.75, 3.05) is 0 Å². The summed E-state index contributed by atoms with van der Waals surface area (Å²) in [6.07, 6.45) is 0. The maximum absolute atomic E-state index is 13.9. The number of ketones is 2. The molecule has 0 saturated heterocycles. The lowest BCUT2D eigenvalue weighted by Crippen LogP contribution is -2.15. The summed E-state index contributed by atoms with van der Waals surface area (Å²) in [6, 6.07) is 13.4. The molecule has 15 heteroatoms. The Morgan fingerprint density at radius 1 is 0.512 bits per heavy atom. The minimum Gasteiger partial charge on any atom is -0.508 e. The summed E-state index contributed by atoms with van der Waals surface area (Å²) in [5.41, 5.74) is -1.94. The van der Waals surface area contributed by atoms with E-state index in [9.17, 15) is 54.2 Å². The van der Waals surface area contributed by atoms with E-state index in [-0.39, 0.29) is 11.1 Å². The monoisotopic (exact) mass is 618 g/mol. The Morgan fingerprint density at radius 3 is 1.22 bits per heavy atom. The summed E-state index contributed by atoms with van der Waals surface area (Å²) < 4.78 is 92.6. The van der Waals surface area contributed by atoms with Gasteiger partial charge in [0.1, 0.15) is 11.5 Å². The van der Waals surface area contributed by atoms with Gasteiger partial charge in [0.25, 0.3) is 20.2 Å². The molecule has 0 atom stereocenters. The fraction of sp³-hybridized carbons (Fsp3) is 0. The lowest BCUT2D eigenvalue weighted by atomic mass is 10.0. The topological polar surface area (TPSA) is 217 Å². The highest BCUT2D eigenvalue weighted by molar-refractivity contribution is 7.91. The van der Waals surface area contributed by atoms with E-state index in [0.717, 1.165) is 84.9 Å². The second-order valence-corrected chi connectivity index (χ2v) is 13.3. The van der Waals surface area contributed by atoms with Crippen LogP contribution in [0.4, 0.5) is 0 Å². The Balaban J connectivity index is 1.90. The van der Waals surface area contributed by atoms with Crippen LogP contribution in [0.2, 0.25) is 0 Å². The van der Waals surface area contributed by atoms with Gasteiger partial charge in [-0.25, -0.2) is 8.42 Å². The predicted molar refractivity (Wildman–Crippen MR) is 141 cm³/mol. The van der Waals surface area contributed by atoms with Crippen molar-refractivity contribution in [2.45, 2.75) is 19.6 Å². The molecule has 4 aromatic rings. The molecular formula is C26H18O12S3. The van der Waals surface area contributed by atoms with Crippen LogP contribution in [0, 0.1) is 0 Å². The molecule has 0 heterocycles. The van der Waals surface area contributed by atoms with Crippen molar-refractivity contribution < 1.29 is 54.2 Å². The van der Waals surface area contributed by atoms with E-state index in [0.29, 0.717) is 0 Å². The first-order valence-corrected chi connectivity index (χ1v) is 15.5. The third-order valence-electron chi connectivity index (χ3n) is 5.78. The van der Waals surface area contributed by atoms with Gasteiger partial charge < -0.3 is 10.2 Å². The van der Waals surface area contributed by atoms with Crippen LogP contribution in [0.1, 0.15) is 31.8 Å². The van der Waals surface area contributed by atoms with Gasteiger partial charge in [-0.2, -0.15) is 16.8 Å². The minimum atomic E-state index is -4.82. The molecule has 0 aliphatic heterocycles. The third-order valence-corrected chi connectivity index (χ3v) is 9.35. The van der Waals surface area contributed by atoms with Crippen LogP contribution in [0.25, 0.3) is 0 Å². The molecule has 0 aliphatic rings. The van der Waals surface area contributed by atoms with Gasteiger partial charge in [0, 0.05) is 22.3 Å². The second-order valence-electron chi connectivity index (χ2n) is 8.53. The van der Waals surface area contributed by atoms with Crippen LogP contribution in [-0.2, 0) is 30.1 Å². The highest BCUT2D eigenvalue weighted by atomic mass is 32.2. The van der Waals surface area contributed by atoms with Gasteiger partial charge in [0.2, 0.25) is 9.84 Å². The molecule has 0 fully saturated rings. The number of rotatable bonds is 8. The SMILES string of the molecule is O=C(c1cccc(S(=O)(=O)O)c1)c1cc(O)ccc1S(=O)(=O)c1ccc(O)cc1C(=O)c1cccc(S(=O)(=O)O)c1. The number of carbonyl (C=O) groups excluding carboxylic acids is 2. The van der Waals surface area contributed by atoms with Crippen LogP contribution < -0.4 is 0 Å². The largest absolute Gasteiger partial charge is 0.508 e. The molecule has 4 rings (SSSR count). The Hall–Kier alpha value is -4.41. The summed E-state index contributed by atoms with van der Waals surface area (Å²) in [4.78, 5) is 24.0. The first kappa shape index (κ1) is 29.6. The van der Waals surface area contributed by atoms with E-state index in [1.807, 2.05) is 0 Å². The molecule has 0 aromatic heterocycles. The highest BCUT2D eigenvalue weighted by Crippen LogP contribution is 2.33. The number of sulfone groups is 1. The molecule has 0 radical (unpaired) electrons. The number of carbonyl (C=O) groups is 2. The van der Waals surface area contributed by atoms with E-state index in [2.05, 4.69) is 0 Å². The molecule has 212 valence electrons. The van der Waals surface area contributed by atoms with E-state index < -0.39 is 83.8 Å². The minimum absolute atomic E-state index is 0.355. The van der Waals surface area contributed by atoms with Crippen LogP contribution in [0.15, 0.2) is 105 Å². The molecule has 0 aliphatic carbocycles. The van der Waals surface area contributed by atoms with E-state index in [1.54, 1.807) is 0 Å². The van der Waals surface area contributed by atoms with Gasteiger partial charge in [0.15, 0.2) is 11.6 Å². The van der Waals surface area contributed by atoms with Gasteiger partial charge in [-0.15, -0.1) is 0 Å². The average molecular weight is 619 g/mol. The standard InChI is InChI=1S/C26H18O12S3/c27-17-7-9-23(21(13-17)25(29)15-3-1-5-19(11-15)40(33,34)35)39(31,32)24-10-8-18(28)14-22(24)26(30)16-4-2-6-20(12-16)41(36,37)38/h1-14,27-28H,(H,33,34,35)(H,36,37,38). The molecule has 4 aromatic carbocycles. The summed E-state index contributed by atoms with van der Waals surface area (Å²) in [6.45, 7) is 0. The zero-order valence-corrected chi connectivity index (χ0v) is 22.8. The molecule has 0 bridgehead atoms. The fourth-order valence-electron chi connectivity index (χ4n) is 3.88. The Kier molecular flexibility index (Phi) is 7.59. The Bertz CT molecular complexity index is 1920. The highest BCUT2D eigenvalue weighted by Gasteiger charge is 2.31. The van der Waals surface area contributed by atoms with Crippen molar-refractivity contribution in [3.05, 3.63) is 107 Å². The lowest BCUT2D eigenvalue weighted by Gasteiger charge is -2.14. The second kappa shape index (κ2) is 10.5. The smallest absolute Gasteiger partial charge is 0.294 e. The van der Waals surface area contributed by atoms with E-state index >= 15 is 0 Å². The van der Waals surface area contributed by atoms with Crippen LogP contribution in [0.5, 0.6) is 11.5 Å². The molecule has 12 nitrogen and oxygen atoms in total. The number of hydrogen-bond acceptors (Lipinski definition) is 10. The summed E-state index contributed by atoms with van der Waals surface area (Å²) in [7, 11) is -14.3. The Morgan fingerprint density at radius 2 is 0.878 bits per heavy atom. The van der Waals surface area contributed by atoms with Crippen molar-refractivity contribution >= 4 is 41.6 Å². The molecule has 4 N–H and O–H groups in total. The first-order valence-electron chi connectivity index (χ1n) is 11.2. The van der Waals surface area contributed by atoms with Gasteiger partial charge in [-0.05, 0) is 60.7 Å². The van der Waals surface area contributed by atoms with Crippen molar-refractivity contribution in [2.24, 2.45) is 0 Å². The molecule has 0 spiro atoms. The maximum Gasteiger partial charge on any atom is 0.294 e.